The summed E-state index contributed by atoms with van der Waals surface area (Å²) in [5.74, 6) is 1.14. The van der Waals surface area contributed by atoms with Crippen LogP contribution in [0.15, 0.2) is 12.1 Å². The lowest BCUT2D eigenvalue weighted by Gasteiger charge is -2.19. The number of aromatic hydroxyl groups is 1. The Morgan fingerprint density at radius 1 is 1.00 bits per heavy atom. The van der Waals surface area contributed by atoms with Gasteiger partial charge in [-0.3, -0.25) is 0 Å². The van der Waals surface area contributed by atoms with Gasteiger partial charge in [0.05, 0.1) is 0 Å². The molecule has 0 saturated heterocycles. The molecule has 0 aliphatic rings. The number of hydrogen-bond acceptors (Lipinski definition) is 3. The van der Waals surface area contributed by atoms with E-state index >= 15 is 0 Å². The molecule has 0 aromatic heterocycles. The summed E-state index contributed by atoms with van der Waals surface area (Å²) in [5, 5.41) is 10.4. The Bertz CT molecular complexity index is 396. The maximum absolute atomic E-state index is 10.4. The molecule has 20 heavy (non-hydrogen) atoms. The minimum absolute atomic E-state index is 0.459. The molecule has 3 heteroatoms. The summed E-state index contributed by atoms with van der Waals surface area (Å²) >= 11 is 0. The third kappa shape index (κ3) is 5.14. The maximum Gasteiger partial charge on any atom is 0.124 e. The first-order chi connectivity index (χ1) is 9.33. The highest BCUT2D eigenvalue weighted by Gasteiger charge is 2.13. The highest BCUT2D eigenvalue weighted by atomic mass is 16.3. The SMILES string of the molecule is CCC(C)Cc1cc(CN(C)C)c(O)c(CN(C)C)c1. The average Bonchev–Trinajstić information content (AvgIpc) is 2.33. The molecule has 0 saturated carbocycles. The van der Waals surface area contributed by atoms with Crippen LogP contribution in [0.1, 0.15) is 37.0 Å². The summed E-state index contributed by atoms with van der Waals surface area (Å²) in [6.45, 7) is 6.07. The van der Waals surface area contributed by atoms with Crippen LogP contribution in [0.5, 0.6) is 5.75 Å². The zero-order chi connectivity index (χ0) is 15.3. The first kappa shape index (κ1) is 17.0. The minimum Gasteiger partial charge on any atom is -0.507 e. The van der Waals surface area contributed by atoms with Crippen molar-refractivity contribution in [3.63, 3.8) is 0 Å². The van der Waals surface area contributed by atoms with E-state index in [0.29, 0.717) is 11.7 Å². The predicted molar refractivity (Wildman–Crippen MR) is 86.0 cm³/mol. The maximum atomic E-state index is 10.4. The monoisotopic (exact) mass is 278 g/mol. The van der Waals surface area contributed by atoms with Crippen molar-refractivity contribution < 1.29 is 5.11 Å². The second-order valence-corrected chi connectivity index (χ2v) is 6.46. The third-order valence-corrected chi connectivity index (χ3v) is 3.58. The van der Waals surface area contributed by atoms with E-state index in [2.05, 4.69) is 35.8 Å². The summed E-state index contributed by atoms with van der Waals surface area (Å²) in [5.41, 5.74) is 3.41. The molecule has 0 heterocycles. The smallest absolute Gasteiger partial charge is 0.124 e. The van der Waals surface area contributed by atoms with Crippen molar-refractivity contribution in [2.24, 2.45) is 5.92 Å². The Balaban J connectivity index is 3.11. The molecule has 0 bridgehead atoms. The Kier molecular flexibility index (Phi) is 6.50. The van der Waals surface area contributed by atoms with Crippen molar-refractivity contribution in [2.75, 3.05) is 28.2 Å². The molecule has 0 aliphatic heterocycles. The number of phenols is 1. The topological polar surface area (TPSA) is 26.7 Å². The van der Waals surface area contributed by atoms with E-state index in [9.17, 15) is 5.11 Å². The van der Waals surface area contributed by atoms with Crippen LogP contribution in [0.4, 0.5) is 0 Å². The van der Waals surface area contributed by atoms with E-state index < -0.39 is 0 Å². The summed E-state index contributed by atoms with van der Waals surface area (Å²) in [4.78, 5) is 4.20. The molecule has 0 amide bonds. The average molecular weight is 278 g/mol. The van der Waals surface area contributed by atoms with Gasteiger partial charge in [-0.1, -0.05) is 32.4 Å². The van der Waals surface area contributed by atoms with Crippen molar-refractivity contribution in [1.29, 1.82) is 0 Å². The molecular formula is C17H30N2O. The number of benzene rings is 1. The third-order valence-electron chi connectivity index (χ3n) is 3.58. The Morgan fingerprint density at radius 3 is 1.80 bits per heavy atom. The molecule has 1 unspecified atom stereocenters. The number of phenolic OH excluding ortho intramolecular Hbond substituents is 1. The van der Waals surface area contributed by atoms with E-state index in [1.807, 2.05) is 28.2 Å². The quantitative estimate of drug-likeness (QED) is 0.830. The summed E-state index contributed by atoms with van der Waals surface area (Å²) in [6, 6.07) is 4.33. The molecule has 0 spiro atoms. The molecule has 114 valence electrons. The number of nitrogens with zero attached hydrogens (tertiary/aromatic N) is 2. The molecule has 1 aromatic carbocycles. The largest absolute Gasteiger partial charge is 0.507 e. The van der Waals surface area contributed by atoms with Gasteiger partial charge in [-0.2, -0.15) is 0 Å². The fourth-order valence-corrected chi connectivity index (χ4v) is 2.42. The van der Waals surface area contributed by atoms with E-state index in [-0.39, 0.29) is 0 Å². The molecule has 0 radical (unpaired) electrons. The highest BCUT2D eigenvalue weighted by molar-refractivity contribution is 5.44. The molecule has 1 N–H and O–H groups in total. The lowest BCUT2D eigenvalue weighted by molar-refractivity contribution is 0.367. The molecule has 3 nitrogen and oxygen atoms in total. The second-order valence-electron chi connectivity index (χ2n) is 6.46. The van der Waals surface area contributed by atoms with Crippen LogP contribution in [0, 0.1) is 5.92 Å². The molecule has 1 aromatic rings. The normalized spacial score (nSPS) is 13.2. The minimum atomic E-state index is 0.459. The summed E-state index contributed by atoms with van der Waals surface area (Å²) in [6.07, 6.45) is 2.27. The molecule has 1 rings (SSSR count). The van der Waals surface area contributed by atoms with E-state index in [0.717, 1.165) is 30.6 Å². The Hall–Kier alpha value is -1.06. The molecule has 0 fully saturated rings. The standard InChI is InChI=1S/C17H30N2O/c1-7-13(2)8-14-9-15(11-18(3)4)17(20)16(10-14)12-19(5)6/h9-10,13,20H,7-8,11-12H2,1-6H3. The summed E-state index contributed by atoms with van der Waals surface area (Å²) < 4.78 is 0. The van der Waals surface area contributed by atoms with Gasteiger partial charge in [0, 0.05) is 24.2 Å². The van der Waals surface area contributed by atoms with Gasteiger partial charge < -0.3 is 14.9 Å². The Morgan fingerprint density at radius 2 is 1.45 bits per heavy atom. The predicted octanol–water partition coefficient (Wildman–Crippen LogP) is 3.10. The summed E-state index contributed by atoms with van der Waals surface area (Å²) in [7, 11) is 8.14. The van der Waals surface area contributed by atoms with Crippen LogP contribution < -0.4 is 0 Å². The van der Waals surface area contributed by atoms with Gasteiger partial charge in [-0.05, 0) is 46.1 Å². The van der Waals surface area contributed by atoms with Crippen LogP contribution in [0.2, 0.25) is 0 Å². The van der Waals surface area contributed by atoms with Gasteiger partial charge >= 0.3 is 0 Å². The van der Waals surface area contributed by atoms with Gasteiger partial charge in [-0.15, -0.1) is 0 Å². The van der Waals surface area contributed by atoms with Crippen molar-refractivity contribution in [2.45, 2.75) is 39.8 Å². The van der Waals surface area contributed by atoms with Crippen LogP contribution >= 0.6 is 0 Å². The van der Waals surface area contributed by atoms with Gasteiger partial charge in [0.25, 0.3) is 0 Å². The van der Waals surface area contributed by atoms with Crippen molar-refractivity contribution in [1.82, 2.24) is 9.80 Å². The van der Waals surface area contributed by atoms with E-state index in [1.165, 1.54) is 12.0 Å². The van der Waals surface area contributed by atoms with E-state index in [1.54, 1.807) is 0 Å². The lowest BCUT2D eigenvalue weighted by Crippen LogP contribution is -2.15. The zero-order valence-corrected chi connectivity index (χ0v) is 13.9. The fourth-order valence-electron chi connectivity index (χ4n) is 2.42. The van der Waals surface area contributed by atoms with Gasteiger partial charge in [0.15, 0.2) is 0 Å². The second kappa shape index (κ2) is 7.65. The van der Waals surface area contributed by atoms with Crippen LogP contribution in [0.25, 0.3) is 0 Å². The van der Waals surface area contributed by atoms with Crippen LogP contribution in [-0.2, 0) is 19.5 Å². The first-order valence-corrected chi connectivity index (χ1v) is 7.46. The van der Waals surface area contributed by atoms with Crippen molar-refractivity contribution >= 4 is 0 Å². The van der Waals surface area contributed by atoms with Gasteiger partial charge in [-0.25, -0.2) is 0 Å². The van der Waals surface area contributed by atoms with Crippen LogP contribution in [-0.4, -0.2) is 43.1 Å². The van der Waals surface area contributed by atoms with Crippen molar-refractivity contribution in [3.8, 4) is 5.75 Å². The number of rotatable bonds is 7. The molecule has 0 aliphatic carbocycles. The first-order valence-electron chi connectivity index (χ1n) is 7.46. The molecular weight excluding hydrogens is 248 g/mol. The Labute approximate surface area is 124 Å². The van der Waals surface area contributed by atoms with E-state index in [4.69, 9.17) is 0 Å². The fraction of sp³-hybridized carbons (Fsp3) is 0.647. The zero-order valence-electron chi connectivity index (χ0n) is 13.9. The van der Waals surface area contributed by atoms with Gasteiger partial charge in [0.1, 0.15) is 5.75 Å². The number of hydrogen-bond donors (Lipinski definition) is 1. The lowest BCUT2D eigenvalue weighted by atomic mass is 9.94. The van der Waals surface area contributed by atoms with Gasteiger partial charge in [0.2, 0.25) is 0 Å². The van der Waals surface area contributed by atoms with Crippen molar-refractivity contribution in [3.05, 3.63) is 28.8 Å². The highest BCUT2D eigenvalue weighted by Crippen LogP contribution is 2.28. The van der Waals surface area contributed by atoms with Crippen LogP contribution in [0.3, 0.4) is 0 Å². The molecule has 1 atom stereocenters.